The van der Waals surface area contributed by atoms with Crippen molar-refractivity contribution in [1.29, 1.82) is 0 Å². The third-order valence-corrected chi connectivity index (χ3v) is 6.66. The highest BCUT2D eigenvalue weighted by Gasteiger charge is 2.56. The van der Waals surface area contributed by atoms with Crippen LogP contribution in [0.15, 0.2) is 23.8 Å². The Morgan fingerprint density at radius 3 is 2.66 bits per heavy atom. The van der Waals surface area contributed by atoms with Crippen LogP contribution in [-0.4, -0.2) is 59.3 Å². The first-order valence-corrected chi connectivity index (χ1v) is 10.3. The number of cyclic esters (lactones) is 1. The molecule has 1 saturated carbocycles. The quantitative estimate of drug-likeness (QED) is 0.332. The number of hydrogen-bond donors (Lipinski definition) is 1. The van der Waals surface area contributed by atoms with E-state index in [1.54, 1.807) is 13.0 Å². The van der Waals surface area contributed by atoms with Gasteiger partial charge < -0.3 is 24.1 Å². The van der Waals surface area contributed by atoms with Crippen molar-refractivity contribution in [2.24, 2.45) is 11.8 Å². The van der Waals surface area contributed by atoms with Gasteiger partial charge in [0.1, 0.15) is 18.3 Å². The lowest BCUT2D eigenvalue weighted by Gasteiger charge is -2.35. The Morgan fingerprint density at radius 2 is 2.03 bits per heavy atom. The van der Waals surface area contributed by atoms with Gasteiger partial charge in [0.15, 0.2) is 0 Å². The van der Waals surface area contributed by atoms with Crippen molar-refractivity contribution in [1.82, 2.24) is 0 Å². The number of epoxide rings is 2. The third-order valence-electron chi connectivity index (χ3n) is 6.66. The fourth-order valence-electron chi connectivity index (χ4n) is 4.84. The van der Waals surface area contributed by atoms with Crippen LogP contribution in [0.2, 0.25) is 0 Å². The highest BCUT2D eigenvalue weighted by molar-refractivity contribution is 5.90. The van der Waals surface area contributed by atoms with Gasteiger partial charge in [-0.1, -0.05) is 12.2 Å². The lowest BCUT2D eigenvalue weighted by atomic mass is 9.75. The minimum Gasteiger partial charge on any atom is -0.462 e. The number of aliphatic hydroxyl groups is 1. The molecule has 3 aliphatic heterocycles. The highest BCUT2D eigenvalue weighted by atomic mass is 16.6. The zero-order valence-corrected chi connectivity index (χ0v) is 17.5. The van der Waals surface area contributed by atoms with Gasteiger partial charge in [0, 0.05) is 24.3 Å². The number of carbonyl (C=O) groups is 2. The standard InChI is InChI=1S/C22H30O7/c1-11-8-16-19(28-16)22(5,25)7-6-13-14(20(24)26-10-15(11)13)9-17(27-12(2)23)18-21(3,4)29-18/h9,13,15-19,25H,1,6-8,10H2,2-5H3/b14-9+/t13-,15+,16-,17?,18?,19-,22+/m1/s1. The van der Waals surface area contributed by atoms with Gasteiger partial charge in [-0.2, -0.15) is 0 Å². The third kappa shape index (κ3) is 4.00. The number of carbonyl (C=O) groups excluding carboxylic acids is 2. The molecule has 4 rings (SSSR count). The average Bonchev–Trinajstić information content (AvgIpc) is 3.50. The molecule has 1 N–H and O–H groups in total. The van der Waals surface area contributed by atoms with Crippen molar-refractivity contribution in [2.75, 3.05) is 6.61 Å². The molecular weight excluding hydrogens is 376 g/mol. The van der Waals surface area contributed by atoms with Crippen LogP contribution in [0.1, 0.15) is 47.0 Å². The largest absolute Gasteiger partial charge is 0.462 e. The summed E-state index contributed by atoms with van der Waals surface area (Å²) >= 11 is 0. The number of ether oxygens (including phenoxy) is 4. The van der Waals surface area contributed by atoms with E-state index in [1.807, 2.05) is 13.8 Å². The molecule has 0 aromatic rings. The molecule has 0 aromatic heterocycles. The minimum atomic E-state index is -0.955. The van der Waals surface area contributed by atoms with Gasteiger partial charge in [0.05, 0.1) is 23.9 Å². The van der Waals surface area contributed by atoms with E-state index in [-0.39, 0.29) is 36.8 Å². The molecule has 7 heteroatoms. The first-order chi connectivity index (χ1) is 13.5. The van der Waals surface area contributed by atoms with Crippen molar-refractivity contribution in [3.8, 4) is 0 Å². The Hall–Kier alpha value is -1.70. The molecule has 29 heavy (non-hydrogen) atoms. The van der Waals surface area contributed by atoms with E-state index in [1.165, 1.54) is 6.92 Å². The van der Waals surface area contributed by atoms with Crippen LogP contribution in [0.5, 0.6) is 0 Å². The van der Waals surface area contributed by atoms with Crippen molar-refractivity contribution in [3.05, 3.63) is 23.8 Å². The van der Waals surface area contributed by atoms with E-state index in [2.05, 4.69) is 6.58 Å². The molecule has 4 fully saturated rings. The average molecular weight is 406 g/mol. The molecule has 0 bridgehead atoms. The second-order valence-electron chi connectivity index (χ2n) is 9.50. The van der Waals surface area contributed by atoms with E-state index < -0.39 is 29.2 Å². The van der Waals surface area contributed by atoms with Crippen LogP contribution in [0.4, 0.5) is 0 Å². The Morgan fingerprint density at radius 1 is 1.34 bits per heavy atom. The lowest BCUT2D eigenvalue weighted by Crippen LogP contribution is -2.38. The van der Waals surface area contributed by atoms with E-state index in [4.69, 9.17) is 18.9 Å². The maximum atomic E-state index is 12.7. The first-order valence-electron chi connectivity index (χ1n) is 10.3. The molecule has 0 aromatic carbocycles. The summed E-state index contributed by atoms with van der Waals surface area (Å²) in [5, 5.41) is 10.8. The van der Waals surface area contributed by atoms with E-state index in [9.17, 15) is 14.7 Å². The summed E-state index contributed by atoms with van der Waals surface area (Å²) in [5.74, 6) is -1.05. The van der Waals surface area contributed by atoms with Crippen LogP contribution >= 0.6 is 0 Å². The van der Waals surface area contributed by atoms with E-state index in [0.29, 0.717) is 24.8 Å². The molecule has 2 unspecified atom stereocenters. The minimum absolute atomic E-state index is 0.0317. The number of rotatable bonds is 3. The Labute approximate surface area is 171 Å². The molecule has 7 atom stereocenters. The van der Waals surface area contributed by atoms with Crippen molar-refractivity contribution >= 4 is 11.9 Å². The van der Waals surface area contributed by atoms with Crippen molar-refractivity contribution < 1.29 is 33.6 Å². The monoisotopic (exact) mass is 406 g/mol. The number of fused-ring (bicyclic) bond motifs is 2. The number of esters is 2. The highest BCUT2D eigenvalue weighted by Crippen LogP contribution is 2.47. The van der Waals surface area contributed by atoms with Crippen molar-refractivity contribution in [3.63, 3.8) is 0 Å². The van der Waals surface area contributed by atoms with Gasteiger partial charge in [-0.05, 0) is 46.1 Å². The predicted molar refractivity (Wildman–Crippen MR) is 103 cm³/mol. The molecule has 7 nitrogen and oxygen atoms in total. The fraction of sp³-hybridized carbons (Fsp3) is 0.727. The summed E-state index contributed by atoms with van der Waals surface area (Å²) in [7, 11) is 0. The van der Waals surface area contributed by atoms with Crippen LogP contribution in [0.25, 0.3) is 0 Å². The topological polar surface area (TPSA) is 97.9 Å². The van der Waals surface area contributed by atoms with Crippen LogP contribution in [0, 0.1) is 11.8 Å². The van der Waals surface area contributed by atoms with Crippen LogP contribution in [-0.2, 0) is 28.5 Å². The molecule has 0 amide bonds. The normalized spacial score (nSPS) is 43.1. The molecule has 0 radical (unpaired) electrons. The van der Waals surface area contributed by atoms with Crippen LogP contribution < -0.4 is 0 Å². The molecule has 3 heterocycles. The van der Waals surface area contributed by atoms with E-state index >= 15 is 0 Å². The van der Waals surface area contributed by atoms with Gasteiger partial charge in [0.25, 0.3) is 0 Å². The SMILES string of the molecule is C=C1C[C@H]2O[C@H]2[C@@](C)(O)CC[C@@H]2/C(=C\C(OC(C)=O)C3OC3(C)C)C(=O)OC[C@@H]12. The van der Waals surface area contributed by atoms with Gasteiger partial charge >= 0.3 is 11.9 Å². The Bertz CT molecular complexity index is 765. The molecular formula is C22H30O7. The van der Waals surface area contributed by atoms with E-state index in [0.717, 1.165) is 5.57 Å². The Balaban J connectivity index is 1.65. The van der Waals surface area contributed by atoms with Gasteiger partial charge in [0.2, 0.25) is 0 Å². The summed E-state index contributed by atoms with van der Waals surface area (Å²) in [4.78, 5) is 24.4. The maximum Gasteiger partial charge on any atom is 0.334 e. The smallest absolute Gasteiger partial charge is 0.334 e. The molecule has 4 aliphatic rings. The fourth-order valence-corrected chi connectivity index (χ4v) is 4.84. The van der Waals surface area contributed by atoms with Gasteiger partial charge in [-0.3, -0.25) is 4.79 Å². The first kappa shape index (κ1) is 20.6. The zero-order chi connectivity index (χ0) is 21.1. The number of hydrogen-bond acceptors (Lipinski definition) is 7. The maximum absolute atomic E-state index is 12.7. The summed E-state index contributed by atoms with van der Waals surface area (Å²) in [6, 6.07) is 0. The second-order valence-corrected chi connectivity index (χ2v) is 9.50. The summed E-state index contributed by atoms with van der Waals surface area (Å²) < 4.78 is 22.3. The van der Waals surface area contributed by atoms with Gasteiger partial charge in [-0.25, -0.2) is 4.79 Å². The van der Waals surface area contributed by atoms with Gasteiger partial charge in [-0.15, -0.1) is 0 Å². The zero-order valence-electron chi connectivity index (χ0n) is 17.5. The molecule has 1 aliphatic carbocycles. The summed E-state index contributed by atoms with van der Waals surface area (Å²) in [6.07, 6.45) is 2.21. The summed E-state index contributed by atoms with van der Waals surface area (Å²) in [5.41, 5.74) is 0.0701. The molecule has 3 saturated heterocycles. The molecule has 160 valence electrons. The second kappa shape index (κ2) is 6.93. The summed E-state index contributed by atoms with van der Waals surface area (Å²) in [6.45, 7) is 11.5. The predicted octanol–water partition coefficient (Wildman–Crippen LogP) is 2.07. The lowest BCUT2D eigenvalue weighted by molar-refractivity contribution is -0.147. The van der Waals surface area contributed by atoms with Crippen molar-refractivity contribution in [2.45, 2.75) is 82.6 Å². The van der Waals surface area contributed by atoms with Crippen LogP contribution in [0.3, 0.4) is 0 Å². The Kier molecular flexibility index (Phi) is 4.91. The molecule has 0 spiro atoms.